The fraction of sp³-hybridized carbons (Fsp3) is 0.318. The summed E-state index contributed by atoms with van der Waals surface area (Å²) in [7, 11) is 0. The first-order valence-corrected chi connectivity index (χ1v) is 18.5. The van der Waals surface area contributed by atoms with Crippen molar-refractivity contribution in [2.75, 3.05) is 19.8 Å². The van der Waals surface area contributed by atoms with Gasteiger partial charge in [0.15, 0.2) is 0 Å². The summed E-state index contributed by atoms with van der Waals surface area (Å²) >= 11 is 0. The van der Waals surface area contributed by atoms with Crippen LogP contribution in [0.1, 0.15) is 84.2 Å². The third-order valence-corrected chi connectivity index (χ3v) is 8.64. The molecule has 55 heavy (non-hydrogen) atoms. The fourth-order valence-corrected chi connectivity index (χ4v) is 5.31. The monoisotopic (exact) mass is 748 g/mol. The van der Waals surface area contributed by atoms with E-state index in [1.165, 1.54) is 24.3 Å². The van der Waals surface area contributed by atoms with Gasteiger partial charge in [0.05, 0.1) is 48.2 Å². The van der Waals surface area contributed by atoms with E-state index in [4.69, 9.17) is 23.7 Å². The highest BCUT2D eigenvalue weighted by Crippen LogP contribution is 2.27. The number of hydrogen-bond acceptors (Lipinski definition) is 11. The Hall–Kier alpha value is -6.10. The third-order valence-electron chi connectivity index (χ3n) is 8.64. The highest BCUT2D eigenvalue weighted by molar-refractivity contribution is 5.93. The standard InChI is InChI=1S/C44H48N2O9/c1-5-33(6-2)42(48)53-28-11-9-8-10-27-51-38-21-14-34(15-22-38)43(49)54-39-23-16-35(17-24-39)44(50)55-40-25-20-37(30-31(40)4)46-45-36-18-12-32(13-19-36)26-29-52-41(47)7-3/h7,12-25,30,33H,3,5-6,8-11,26-29H2,1-2,4H3. The van der Waals surface area contributed by atoms with Crippen molar-refractivity contribution >= 4 is 35.3 Å². The van der Waals surface area contributed by atoms with Gasteiger partial charge in [-0.3, -0.25) is 4.79 Å². The van der Waals surface area contributed by atoms with Gasteiger partial charge in [0.1, 0.15) is 17.2 Å². The second-order valence-corrected chi connectivity index (χ2v) is 12.7. The molecule has 288 valence electrons. The second-order valence-electron chi connectivity index (χ2n) is 12.7. The summed E-state index contributed by atoms with van der Waals surface area (Å²) in [5.41, 5.74) is 3.57. The molecule has 4 rings (SSSR count). The van der Waals surface area contributed by atoms with Crippen LogP contribution in [0.3, 0.4) is 0 Å². The van der Waals surface area contributed by atoms with Gasteiger partial charge in [0.2, 0.25) is 0 Å². The molecule has 0 aliphatic carbocycles. The molecular formula is C44H48N2O9. The van der Waals surface area contributed by atoms with Crippen LogP contribution in [0.2, 0.25) is 0 Å². The van der Waals surface area contributed by atoms with Crippen molar-refractivity contribution in [3.05, 3.63) is 126 Å². The number of carbonyl (C=O) groups excluding carboxylic acids is 4. The van der Waals surface area contributed by atoms with E-state index in [2.05, 4.69) is 16.8 Å². The maximum Gasteiger partial charge on any atom is 0.343 e. The third kappa shape index (κ3) is 14.0. The van der Waals surface area contributed by atoms with E-state index in [1.54, 1.807) is 49.4 Å². The van der Waals surface area contributed by atoms with Crippen molar-refractivity contribution in [1.29, 1.82) is 0 Å². The van der Waals surface area contributed by atoms with E-state index >= 15 is 0 Å². The molecule has 0 saturated carbocycles. The maximum atomic E-state index is 12.9. The maximum absolute atomic E-state index is 12.9. The second kappa shape index (κ2) is 22.2. The van der Waals surface area contributed by atoms with Gasteiger partial charge in [-0.1, -0.05) is 32.6 Å². The van der Waals surface area contributed by atoms with Gasteiger partial charge in [-0.15, -0.1) is 0 Å². The minimum Gasteiger partial charge on any atom is -0.494 e. The lowest BCUT2D eigenvalue weighted by molar-refractivity contribution is -0.149. The van der Waals surface area contributed by atoms with E-state index in [0.29, 0.717) is 53.6 Å². The van der Waals surface area contributed by atoms with Gasteiger partial charge in [0.25, 0.3) is 0 Å². The molecule has 0 N–H and O–H groups in total. The Balaban J connectivity index is 1.16. The molecule has 4 aromatic carbocycles. The number of esters is 4. The van der Waals surface area contributed by atoms with Crippen LogP contribution in [0.15, 0.2) is 114 Å². The van der Waals surface area contributed by atoms with Crippen LogP contribution in [0.4, 0.5) is 11.4 Å². The Kier molecular flexibility index (Phi) is 16.8. The topological polar surface area (TPSA) is 139 Å². The number of ether oxygens (including phenoxy) is 5. The molecule has 0 aliphatic rings. The first-order valence-electron chi connectivity index (χ1n) is 18.5. The van der Waals surface area contributed by atoms with Crippen LogP contribution >= 0.6 is 0 Å². The van der Waals surface area contributed by atoms with Crippen LogP contribution in [0.25, 0.3) is 0 Å². The minimum atomic E-state index is -0.566. The van der Waals surface area contributed by atoms with Crippen molar-refractivity contribution in [3.8, 4) is 17.2 Å². The summed E-state index contributed by atoms with van der Waals surface area (Å²) < 4.78 is 27.3. The van der Waals surface area contributed by atoms with Crippen molar-refractivity contribution < 1.29 is 42.9 Å². The van der Waals surface area contributed by atoms with E-state index in [-0.39, 0.29) is 29.8 Å². The molecule has 4 aromatic rings. The summed E-state index contributed by atoms with van der Waals surface area (Å²) in [5, 5.41) is 8.55. The number of carbonyl (C=O) groups is 4. The predicted octanol–water partition coefficient (Wildman–Crippen LogP) is 10.0. The van der Waals surface area contributed by atoms with Gasteiger partial charge in [-0.05, 0) is 135 Å². The summed E-state index contributed by atoms with van der Waals surface area (Å²) in [6.45, 7) is 10.4. The van der Waals surface area contributed by atoms with Crippen molar-refractivity contribution in [3.63, 3.8) is 0 Å². The molecule has 0 fully saturated rings. The minimum absolute atomic E-state index is 0.00588. The van der Waals surface area contributed by atoms with E-state index in [1.807, 2.05) is 38.1 Å². The van der Waals surface area contributed by atoms with Gasteiger partial charge < -0.3 is 23.7 Å². The molecule has 0 unspecified atom stereocenters. The smallest absolute Gasteiger partial charge is 0.343 e. The molecule has 0 aromatic heterocycles. The van der Waals surface area contributed by atoms with Crippen LogP contribution in [-0.2, 0) is 25.5 Å². The van der Waals surface area contributed by atoms with E-state index in [9.17, 15) is 19.2 Å². The molecule has 0 atom stereocenters. The molecule has 11 nitrogen and oxygen atoms in total. The molecule has 0 saturated heterocycles. The molecule has 0 spiro atoms. The summed E-state index contributed by atoms with van der Waals surface area (Å²) in [5.74, 6) is -0.359. The molecule has 0 bridgehead atoms. The lowest BCUT2D eigenvalue weighted by atomic mass is 10.0. The first kappa shape index (κ1) is 41.7. The normalized spacial score (nSPS) is 10.9. The van der Waals surface area contributed by atoms with Crippen molar-refractivity contribution in [1.82, 2.24) is 0 Å². The summed E-state index contributed by atoms with van der Waals surface area (Å²) in [6, 6.07) is 25.4. The highest BCUT2D eigenvalue weighted by atomic mass is 16.5. The van der Waals surface area contributed by atoms with Gasteiger partial charge in [-0.2, -0.15) is 10.2 Å². The zero-order valence-electron chi connectivity index (χ0n) is 31.7. The quantitative estimate of drug-likeness (QED) is 0.0268. The van der Waals surface area contributed by atoms with Crippen LogP contribution < -0.4 is 14.2 Å². The SMILES string of the molecule is C=CC(=O)OCCc1ccc(N=Nc2ccc(OC(=O)c3ccc(OC(=O)c4ccc(OCCCCCCOC(=O)C(CC)CC)cc4)cc3)c(C)c2)cc1. The lowest BCUT2D eigenvalue weighted by Crippen LogP contribution is -2.16. The lowest BCUT2D eigenvalue weighted by Gasteiger charge is -2.11. The van der Waals surface area contributed by atoms with Crippen molar-refractivity contribution in [2.45, 2.75) is 65.7 Å². The molecule has 0 heterocycles. The number of benzene rings is 4. The molecular weight excluding hydrogens is 700 g/mol. The average Bonchev–Trinajstić information content (AvgIpc) is 3.20. The fourth-order valence-electron chi connectivity index (χ4n) is 5.31. The zero-order valence-corrected chi connectivity index (χ0v) is 31.7. The summed E-state index contributed by atoms with van der Waals surface area (Å²) in [4.78, 5) is 48.7. The Labute approximate surface area is 322 Å². The van der Waals surface area contributed by atoms with Crippen LogP contribution in [0.5, 0.6) is 17.2 Å². The molecule has 0 aliphatic heterocycles. The predicted molar refractivity (Wildman–Crippen MR) is 208 cm³/mol. The highest BCUT2D eigenvalue weighted by Gasteiger charge is 2.16. The number of nitrogens with zero attached hydrogens (tertiary/aromatic N) is 2. The number of rotatable bonds is 21. The van der Waals surface area contributed by atoms with E-state index in [0.717, 1.165) is 50.2 Å². The average molecular weight is 749 g/mol. The molecule has 11 heteroatoms. The summed E-state index contributed by atoms with van der Waals surface area (Å²) in [6.07, 6.45) is 6.93. The molecule has 0 amide bonds. The number of azo groups is 1. The van der Waals surface area contributed by atoms with Crippen molar-refractivity contribution in [2.24, 2.45) is 16.1 Å². The largest absolute Gasteiger partial charge is 0.494 e. The molecule has 0 radical (unpaired) electrons. The number of hydrogen-bond donors (Lipinski definition) is 0. The van der Waals surface area contributed by atoms with E-state index < -0.39 is 17.9 Å². The number of aryl methyl sites for hydroxylation is 1. The first-order chi connectivity index (χ1) is 26.7. The van der Waals surface area contributed by atoms with Gasteiger partial charge >= 0.3 is 23.9 Å². The Bertz CT molecular complexity index is 1900. The zero-order chi connectivity index (χ0) is 39.4. The van der Waals surface area contributed by atoms with Gasteiger partial charge in [-0.25, -0.2) is 14.4 Å². The van der Waals surface area contributed by atoms with Gasteiger partial charge in [0, 0.05) is 12.5 Å². The Morgan fingerprint density at radius 3 is 1.85 bits per heavy atom. The number of unbranched alkanes of at least 4 members (excludes halogenated alkanes) is 3. The Morgan fingerprint density at radius 2 is 1.24 bits per heavy atom. The Morgan fingerprint density at radius 1 is 0.655 bits per heavy atom. The van der Waals surface area contributed by atoms with Crippen LogP contribution in [-0.4, -0.2) is 43.7 Å². The van der Waals surface area contributed by atoms with Crippen LogP contribution in [0, 0.1) is 12.8 Å².